The number of thiazole rings is 1. The Morgan fingerprint density at radius 3 is 2.88 bits per heavy atom. The molecule has 3 nitrogen and oxygen atoms in total. The van der Waals surface area contributed by atoms with Crippen LogP contribution in [0.25, 0.3) is 15.8 Å². The van der Waals surface area contributed by atoms with E-state index >= 15 is 0 Å². The number of benzene rings is 1. The lowest BCUT2D eigenvalue weighted by molar-refractivity contribution is 0.398. The van der Waals surface area contributed by atoms with Gasteiger partial charge in [-0.3, -0.25) is 0 Å². The van der Waals surface area contributed by atoms with Gasteiger partial charge in [-0.2, -0.15) is 5.26 Å². The molecule has 1 N–H and O–H groups in total. The minimum atomic E-state index is 0.0987. The van der Waals surface area contributed by atoms with Gasteiger partial charge >= 0.3 is 0 Å². The van der Waals surface area contributed by atoms with Gasteiger partial charge in [0.25, 0.3) is 0 Å². The lowest BCUT2D eigenvalue weighted by Gasteiger charge is -1.96. The normalized spacial score (nSPS) is 12.2. The van der Waals surface area contributed by atoms with E-state index in [0.717, 1.165) is 10.2 Å². The number of nitrogens with zero attached hydrogens (tertiary/aromatic N) is 2. The molecule has 2 rings (SSSR count). The Morgan fingerprint density at radius 2 is 2.25 bits per heavy atom. The van der Waals surface area contributed by atoms with Gasteiger partial charge < -0.3 is 5.11 Å². The van der Waals surface area contributed by atoms with Crippen LogP contribution in [0.3, 0.4) is 0 Å². The number of nitriles is 1. The molecule has 0 amide bonds. The molecule has 2 aromatic rings. The molecular weight excluding hydrogens is 220 g/mol. The van der Waals surface area contributed by atoms with Crippen molar-refractivity contribution in [3.05, 3.63) is 35.0 Å². The van der Waals surface area contributed by atoms with Crippen LogP contribution >= 0.6 is 11.3 Å². The van der Waals surface area contributed by atoms with Gasteiger partial charge in [0.15, 0.2) is 0 Å². The third kappa shape index (κ3) is 1.77. The molecule has 4 heteroatoms. The average Bonchev–Trinajstić information content (AvgIpc) is 2.72. The molecule has 0 spiro atoms. The summed E-state index contributed by atoms with van der Waals surface area (Å²) >= 11 is 1.42. The number of aliphatic hydroxyl groups excluding tert-OH is 1. The first kappa shape index (κ1) is 10.7. The van der Waals surface area contributed by atoms with E-state index in [4.69, 9.17) is 5.26 Å². The zero-order valence-corrected chi connectivity index (χ0v) is 9.58. The Labute approximate surface area is 97.3 Å². The predicted molar refractivity (Wildman–Crippen MR) is 65.1 cm³/mol. The fourth-order valence-corrected chi connectivity index (χ4v) is 2.37. The van der Waals surface area contributed by atoms with Gasteiger partial charge in [0.2, 0.25) is 0 Å². The highest BCUT2D eigenvalue weighted by atomic mass is 32.1. The molecule has 0 aliphatic carbocycles. The van der Waals surface area contributed by atoms with Gasteiger partial charge in [0.1, 0.15) is 22.4 Å². The molecule has 0 saturated heterocycles. The summed E-state index contributed by atoms with van der Waals surface area (Å²) in [6, 6.07) is 9.69. The van der Waals surface area contributed by atoms with E-state index < -0.39 is 0 Å². The van der Waals surface area contributed by atoms with E-state index in [1.807, 2.05) is 30.3 Å². The molecule has 80 valence electrons. The first-order chi connectivity index (χ1) is 7.76. The quantitative estimate of drug-likeness (QED) is 0.634. The Balaban J connectivity index is 2.60. The monoisotopic (exact) mass is 230 g/mol. The van der Waals surface area contributed by atoms with Crippen molar-refractivity contribution >= 4 is 27.1 Å². The first-order valence-electron chi connectivity index (χ1n) is 4.94. The fraction of sp³-hybridized carbons (Fsp3) is 0.167. The summed E-state index contributed by atoms with van der Waals surface area (Å²) in [5.41, 5.74) is 1.14. The number of aliphatic hydroxyl groups is 1. The van der Waals surface area contributed by atoms with Crippen LogP contribution in [0.15, 0.2) is 30.0 Å². The molecule has 0 bridgehead atoms. The molecule has 0 radical (unpaired) electrons. The molecule has 0 aliphatic rings. The topological polar surface area (TPSA) is 56.9 Å². The van der Waals surface area contributed by atoms with Crippen LogP contribution in [0, 0.1) is 11.3 Å². The van der Waals surface area contributed by atoms with E-state index in [0.29, 0.717) is 11.4 Å². The van der Waals surface area contributed by atoms with Gasteiger partial charge in [-0.25, -0.2) is 4.98 Å². The predicted octanol–water partition coefficient (Wildman–Crippen LogP) is 3.50. The number of hydrogen-bond acceptors (Lipinski definition) is 4. The van der Waals surface area contributed by atoms with Crippen LogP contribution < -0.4 is 0 Å². The summed E-state index contributed by atoms with van der Waals surface area (Å²) in [5, 5.41) is 19.2. The molecule has 0 fully saturated rings. The van der Waals surface area contributed by atoms with Gasteiger partial charge in [0, 0.05) is 6.42 Å². The van der Waals surface area contributed by atoms with E-state index in [2.05, 4.69) is 4.98 Å². The maximum Gasteiger partial charge on any atom is 0.138 e. The molecule has 0 saturated carbocycles. The number of rotatable bonds is 2. The minimum Gasteiger partial charge on any atom is -0.511 e. The summed E-state index contributed by atoms with van der Waals surface area (Å²) < 4.78 is 1.02. The second-order valence-electron chi connectivity index (χ2n) is 3.27. The largest absolute Gasteiger partial charge is 0.511 e. The van der Waals surface area contributed by atoms with E-state index in [9.17, 15) is 5.11 Å². The first-order valence-corrected chi connectivity index (χ1v) is 5.76. The lowest BCUT2D eigenvalue weighted by atomic mass is 10.2. The summed E-state index contributed by atoms with van der Waals surface area (Å²) in [7, 11) is 0. The highest BCUT2D eigenvalue weighted by Crippen LogP contribution is 2.28. The lowest BCUT2D eigenvalue weighted by Crippen LogP contribution is -1.87. The van der Waals surface area contributed by atoms with Crippen molar-refractivity contribution in [1.82, 2.24) is 4.98 Å². The van der Waals surface area contributed by atoms with Crippen LogP contribution in [0.2, 0.25) is 0 Å². The molecule has 0 atom stereocenters. The molecule has 1 aromatic heterocycles. The Morgan fingerprint density at radius 1 is 1.50 bits per heavy atom. The van der Waals surface area contributed by atoms with Crippen molar-refractivity contribution in [3.63, 3.8) is 0 Å². The van der Waals surface area contributed by atoms with E-state index in [1.165, 1.54) is 11.3 Å². The van der Waals surface area contributed by atoms with Crippen molar-refractivity contribution in [2.75, 3.05) is 0 Å². The zero-order chi connectivity index (χ0) is 11.5. The van der Waals surface area contributed by atoms with Crippen LogP contribution in [0.1, 0.15) is 18.4 Å². The van der Waals surface area contributed by atoms with E-state index in [-0.39, 0.29) is 11.3 Å². The molecule has 1 heterocycles. The second kappa shape index (κ2) is 4.33. The summed E-state index contributed by atoms with van der Waals surface area (Å²) in [5.74, 6) is 0.0987. The van der Waals surface area contributed by atoms with Crippen molar-refractivity contribution in [2.24, 2.45) is 0 Å². The van der Waals surface area contributed by atoms with Gasteiger partial charge in [-0.05, 0) is 12.1 Å². The fourth-order valence-electron chi connectivity index (χ4n) is 1.39. The molecule has 0 aliphatic heterocycles. The molecule has 16 heavy (non-hydrogen) atoms. The zero-order valence-electron chi connectivity index (χ0n) is 8.77. The summed E-state index contributed by atoms with van der Waals surface area (Å²) in [6.45, 7) is 1.81. The molecule has 1 aromatic carbocycles. The minimum absolute atomic E-state index is 0.0987. The maximum atomic E-state index is 9.62. The van der Waals surface area contributed by atoms with Crippen molar-refractivity contribution in [3.8, 4) is 6.07 Å². The Bertz CT molecular complexity index is 559. The van der Waals surface area contributed by atoms with E-state index in [1.54, 1.807) is 6.92 Å². The third-order valence-corrected chi connectivity index (χ3v) is 3.30. The van der Waals surface area contributed by atoms with Crippen LogP contribution in [-0.2, 0) is 0 Å². The van der Waals surface area contributed by atoms with Crippen LogP contribution in [0.5, 0.6) is 0 Å². The summed E-state index contributed by atoms with van der Waals surface area (Å²) in [6.07, 6.45) is 0.443. The second-order valence-corrected chi connectivity index (χ2v) is 4.30. The smallest absolute Gasteiger partial charge is 0.138 e. The van der Waals surface area contributed by atoms with Gasteiger partial charge in [0.05, 0.1) is 10.2 Å². The van der Waals surface area contributed by atoms with Crippen molar-refractivity contribution in [1.29, 1.82) is 5.26 Å². The highest BCUT2D eigenvalue weighted by Gasteiger charge is 2.12. The highest BCUT2D eigenvalue weighted by molar-refractivity contribution is 7.19. The molecular formula is C12H10N2OS. The number of para-hydroxylation sites is 1. The number of allylic oxidation sites excluding steroid dienone is 2. The molecule has 0 unspecified atom stereocenters. The number of fused-ring (bicyclic) bond motifs is 1. The van der Waals surface area contributed by atoms with Gasteiger partial charge in [-0.1, -0.05) is 19.1 Å². The third-order valence-electron chi connectivity index (χ3n) is 2.24. The number of aromatic nitrogens is 1. The van der Waals surface area contributed by atoms with Gasteiger partial charge in [-0.15, -0.1) is 11.3 Å². The Kier molecular flexibility index (Phi) is 2.88. The van der Waals surface area contributed by atoms with Crippen LogP contribution in [0.4, 0.5) is 0 Å². The average molecular weight is 230 g/mol. The van der Waals surface area contributed by atoms with Crippen LogP contribution in [-0.4, -0.2) is 10.1 Å². The van der Waals surface area contributed by atoms with Crippen molar-refractivity contribution in [2.45, 2.75) is 13.3 Å². The Hall–Kier alpha value is -1.86. The summed E-state index contributed by atoms with van der Waals surface area (Å²) in [4.78, 5) is 4.33. The maximum absolute atomic E-state index is 9.62. The van der Waals surface area contributed by atoms with Crippen molar-refractivity contribution < 1.29 is 5.11 Å². The standard InChI is InChI=1S/C12H10N2OS/c1-2-10(15)8(7-13)12-14-9-5-3-4-6-11(9)16-12/h3-6,15H,2H2,1H3. The SMILES string of the molecule is CCC(O)=C(C#N)c1nc2ccccc2s1. The number of hydrogen-bond donors (Lipinski definition) is 1.